The number of nitrogens with zero attached hydrogens (tertiary/aromatic N) is 6. The number of amides is 3. The molecule has 3 aliphatic rings. The molecular weight excluding hydrogens is 596 g/mol. The molecule has 11 heteroatoms. The fourth-order valence-electron chi connectivity index (χ4n) is 8.27. The van der Waals surface area contributed by atoms with Crippen LogP contribution in [-0.2, 0) is 25.8 Å². The minimum Gasteiger partial charge on any atom is -0.394 e. The predicted octanol–water partition coefficient (Wildman–Crippen LogP) is 3.65. The van der Waals surface area contributed by atoms with E-state index in [1.165, 1.54) is 4.90 Å². The number of aromatic nitrogens is 3. The van der Waals surface area contributed by atoms with Crippen LogP contribution in [0, 0.1) is 23.7 Å². The van der Waals surface area contributed by atoms with Crippen molar-refractivity contribution in [2.75, 3.05) is 24.6 Å². The zero-order valence-corrected chi connectivity index (χ0v) is 27.5. The Kier molecular flexibility index (Phi) is 8.56. The van der Waals surface area contributed by atoms with Gasteiger partial charge in [0.25, 0.3) is 0 Å². The van der Waals surface area contributed by atoms with Crippen LogP contribution >= 0.6 is 0 Å². The number of para-hydroxylation sites is 2. The summed E-state index contributed by atoms with van der Waals surface area (Å²) in [6, 6.07) is 15.0. The Morgan fingerprint density at radius 2 is 1.77 bits per heavy atom. The van der Waals surface area contributed by atoms with Crippen molar-refractivity contribution in [3.05, 3.63) is 79.9 Å². The number of aliphatic hydroxyl groups is 1. The summed E-state index contributed by atoms with van der Waals surface area (Å²) in [4.78, 5) is 49.4. The number of rotatable bonds is 12. The number of carbonyl (C=O) groups is 3. The van der Waals surface area contributed by atoms with Gasteiger partial charge in [-0.15, -0.1) is 18.3 Å². The zero-order valence-electron chi connectivity index (χ0n) is 27.5. The van der Waals surface area contributed by atoms with Gasteiger partial charge in [-0.3, -0.25) is 14.4 Å². The van der Waals surface area contributed by atoms with Crippen molar-refractivity contribution in [1.29, 1.82) is 0 Å². The number of hydrogen-bond donors (Lipinski definition) is 1. The van der Waals surface area contributed by atoms with Crippen molar-refractivity contribution in [3.63, 3.8) is 0 Å². The van der Waals surface area contributed by atoms with Gasteiger partial charge in [0.1, 0.15) is 23.8 Å². The number of benzene rings is 2. The smallest absolute Gasteiger partial charge is 0.250 e. The molecule has 1 spiro atoms. The Morgan fingerprint density at radius 1 is 1.09 bits per heavy atom. The third kappa shape index (κ3) is 4.98. The van der Waals surface area contributed by atoms with E-state index in [0.717, 1.165) is 5.52 Å². The molecule has 4 heterocycles. The molecule has 3 saturated heterocycles. The topological polar surface area (TPSA) is 121 Å². The average Bonchev–Trinajstić information content (AvgIpc) is 3.73. The van der Waals surface area contributed by atoms with Crippen molar-refractivity contribution in [2.45, 2.75) is 64.1 Å². The number of fused-ring (bicyclic) bond motifs is 2. The van der Waals surface area contributed by atoms with Gasteiger partial charge in [-0.2, -0.15) is 0 Å². The van der Waals surface area contributed by atoms with Crippen LogP contribution < -0.4 is 4.90 Å². The van der Waals surface area contributed by atoms with E-state index in [4.69, 9.17) is 4.74 Å². The van der Waals surface area contributed by atoms with Crippen LogP contribution in [0.15, 0.2) is 79.9 Å². The minimum atomic E-state index is -1.29. The summed E-state index contributed by atoms with van der Waals surface area (Å²) in [6.45, 7) is 15.7. The van der Waals surface area contributed by atoms with Gasteiger partial charge in [0.05, 0.1) is 35.6 Å². The largest absolute Gasteiger partial charge is 0.394 e. The molecule has 3 unspecified atom stereocenters. The van der Waals surface area contributed by atoms with Crippen molar-refractivity contribution in [1.82, 2.24) is 24.8 Å². The quantitative estimate of drug-likeness (QED) is 0.300. The molecule has 0 saturated carbocycles. The van der Waals surface area contributed by atoms with E-state index in [2.05, 4.69) is 23.5 Å². The molecule has 248 valence electrons. The van der Waals surface area contributed by atoms with Gasteiger partial charge in [0.15, 0.2) is 0 Å². The highest BCUT2D eigenvalue weighted by atomic mass is 16.5. The minimum absolute atomic E-state index is 0.0619. The lowest BCUT2D eigenvalue weighted by molar-refractivity contribution is -0.157. The van der Waals surface area contributed by atoms with Gasteiger partial charge in [-0.25, -0.2) is 4.68 Å². The fraction of sp³-hybridized carbons (Fsp3) is 0.472. The lowest BCUT2D eigenvalue weighted by Crippen LogP contribution is -2.60. The first-order valence-corrected chi connectivity index (χ1v) is 16.3. The van der Waals surface area contributed by atoms with Crippen LogP contribution in [-0.4, -0.2) is 90.6 Å². The van der Waals surface area contributed by atoms with E-state index in [1.807, 2.05) is 82.3 Å². The number of carbonyl (C=O) groups excluding carboxylic acids is 3. The highest BCUT2D eigenvalue weighted by Gasteiger charge is 2.80. The normalized spacial score (nSPS) is 28.5. The number of aliphatic hydroxyl groups excluding tert-OH is 1. The molecule has 3 aromatic rings. The summed E-state index contributed by atoms with van der Waals surface area (Å²) in [5.41, 5.74) is -0.154. The summed E-state index contributed by atoms with van der Waals surface area (Å²) in [6.07, 6.45) is 3.71. The van der Waals surface area contributed by atoms with Crippen molar-refractivity contribution >= 4 is 34.4 Å². The standard InChI is InChI=1S/C36H44N6O5/c1-7-18-39(22-41-27-17-13-12-16-26(27)37-38-41)34(46)31-36-20-24(5)35(6,47-36)29(30(36)33(45)42(31)28(21-43)23(3)4)32(44)40(19-8-2)25-14-10-9-11-15-25/h7-17,23-24,28-31,43H,1-2,18-22H2,3-6H3/t24?,28-,29+,30-,31?,35-,36?/m0/s1. The summed E-state index contributed by atoms with van der Waals surface area (Å²) >= 11 is 0. The molecule has 11 nitrogen and oxygen atoms in total. The SMILES string of the molecule is C=CCN(Cn1nnc2ccccc21)C(=O)C1N([C@@H](CO)C(C)C)C(=O)[C@@H]2[C@H](C(=O)N(CC=C)c3ccccc3)[C@@]3(C)OC12CC3C. The Balaban J connectivity index is 1.46. The van der Waals surface area contributed by atoms with Crippen molar-refractivity contribution in [3.8, 4) is 0 Å². The van der Waals surface area contributed by atoms with Crippen LogP contribution in [0.3, 0.4) is 0 Å². The molecule has 3 fully saturated rings. The van der Waals surface area contributed by atoms with Crippen LogP contribution in [0.25, 0.3) is 11.0 Å². The first-order valence-electron chi connectivity index (χ1n) is 16.3. The van der Waals surface area contributed by atoms with Gasteiger partial charge in [0.2, 0.25) is 17.7 Å². The second-order valence-corrected chi connectivity index (χ2v) is 13.6. The molecule has 2 aromatic carbocycles. The van der Waals surface area contributed by atoms with Crippen molar-refractivity contribution in [2.24, 2.45) is 23.7 Å². The van der Waals surface area contributed by atoms with E-state index in [1.54, 1.807) is 26.6 Å². The summed E-state index contributed by atoms with van der Waals surface area (Å²) < 4.78 is 8.65. The molecule has 3 amide bonds. The molecule has 47 heavy (non-hydrogen) atoms. The van der Waals surface area contributed by atoms with E-state index < -0.39 is 35.1 Å². The molecule has 7 atom stereocenters. The molecule has 3 aliphatic heterocycles. The Morgan fingerprint density at radius 3 is 2.43 bits per heavy atom. The molecule has 0 aliphatic carbocycles. The van der Waals surface area contributed by atoms with Gasteiger partial charge in [0, 0.05) is 18.8 Å². The maximum Gasteiger partial charge on any atom is 0.250 e. The second-order valence-electron chi connectivity index (χ2n) is 13.6. The molecule has 1 N–H and O–H groups in total. The third-order valence-corrected chi connectivity index (χ3v) is 10.6. The zero-order chi connectivity index (χ0) is 33.7. The Labute approximate surface area is 275 Å². The number of hydrogen-bond acceptors (Lipinski definition) is 7. The van der Waals surface area contributed by atoms with Crippen LogP contribution in [0.2, 0.25) is 0 Å². The first kappa shape index (κ1) is 32.6. The Bertz CT molecular complexity index is 1690. The molecule has 2 bridgehead atoms. The number of ether oxygens (including phenoxy) is 1. The lowest BCUT2D eigenvalue weighted by atomic mass is 9.62. The average molecular weight is 641 g/mol. The van der Waals surface area contributed by atoms with E-state index >= 15 is 4.79 Å². The van der Waals surface area contributed by atoms with Crippen molar-refractivity contribution < 1.29 is 24.2 Å². The van der Waals surface area contributed by atoms with Crippen LogP contribution in [0.5, 0.6) is 0 Å². The van der Waals surface area contributed by atoms with Gasteiger partial charge in [-0.05, 0) is 49.4 Å². The molecule has 6 rings (SSSR count). The van der Waals surface area contributed by atoms with Gasteiger partial charge < -0.3 is 24.5 Å². The first-order chi connectivity index (χ1) is 22.5. The Hall–Kier alpha value is -4.35. The number of anilines is 1. The summed E-state index contributed by atoms with van der Waals surface area (Å²) in [5.74, 6) is -3.06. The molecular formula is C36H44N6O5. The van der Waals surface area contributed by atoms with Crippen LogP contribution in [0.4, 0.5) is 5.69 Å². The maximum atomic E-state index is 15.0. The summed E-state index contributed by atoms with van der Waals surface area (Å²) in [5, 5.41) is 19.2. The van der Waals surface area contributed by atoms with Gasteiger partial charge >= 0.3 is 0 Å². The third-order valence-electron chi connectivity index (χ3n) is 10.6. The number of likely N-dealkylation sites (tertiary alicyclic amines) is 1. The second kappa shape index (κ2) is 12.4. The van der Waals surface area contributed by atoms with Crippen LogP contribution in [0.1, 0.15) is 34.1 Å². The highest BCUT2D eigenvalue weighted by molar-refractivity contribution is 6.03. The maximum absolute atomic E-state index is 15.0. The van der Waals surface area contributed by atoms with E-state index in [0.29, 0.717) is 17.6 Å². The molecule has 1 aromatic heterocycles. The lowest BCUT2D eigenvalue weighted by Gasteiger charge is -2.40. The monoisotopic (exact) mass is 640 g/mol. The molecule has 0 radical (unpaired) electrons. The van der Waals surface area contributed by atoms with Gasteiger partial charge in [-0.1, -0.05) is 68.5 Å². The van der Waals surface area contributed by atoms with E-state index in [9.17, 15) is 14.7 Å². The highest BCUT2D eigenvalue weighted by Crippen LogP contribution is 2.66. The fourth-order valence-corrected chi connectivity index (χ4v) is 8.27. The predicted molar refractivity (Wildman–Crippen MR) is 178 cm³/mol. The van der Waals surface area contributed by atoms with E-state index in [-0.39, 0.29) is 55.9 Å². The summed E-state index contributed by atoms with van der Waals surface area (Å²) in [7, 11) is 0.